The molecule has 0 aliphatic heterocycles. The molecule has 0 atom stereocenters. The molecule has 0 unspecified atom stereocenters. The van der Waals surface area contributed by atoms with Gasteiger partial charge in [0, 0.05) is 12.1 Å². The van der Waals surface area contributed by atoms with Crippen LogP contribution in [0, 0.1) is 10.1 Å². The molecule has 14 heavy (non-hydrogen) atoms. The summed E-state index contributed by atoms with van der Waals surface area (Å²) in [6.07, 6.45) is 0. The molecule has 0 aliphatic rings. The number of aromatic amines is 1. The molecule has 0 radical (unpaired) electrons. The number of hydrogen-bond donors (Lipinski definition) is 2. The molecule has 2 aromatic rings. The van der Waals surface area contributed by atoms with Gasteiger partial charge < -0.3 is 5.73 Å². The normalized spacial score (nSPS) is 10.6. The Kier molecular flexibility index (Phi) is 1.78. The van der Waals surface area contributed by atoms with Crippen LogP contribution in [0.5, 0.6) is 0 Å². The molecule has 0 spiro atoms. The summed E-state index contributed by atoms with van der Waals surface area (Å²) in [6.45, 7) is 0. The lowest BCUT2D eigenvalue weighted by Crippen LogP contribution is -1.89. The van der Waals surface area contributed by atoms with Gasteiger partial charge in [0.05, 0.1) is 20.8 Å². The number of halogens is 1. The van der Waals surface area contributed by atoms with Crippen LogP contribution in [0.2, 0.25) is 5.02 Å². The third-order valence-electron chi connectivity index (χ3n) is 1.85. The monoisotopic (exact) mass is 212 g/mol. The molecule has 6 nitrogen and oxygen atoms in total. The number of benzene rings is 1. The van der Waals surface area contributed by atoms with E-state index in [0.717, 1.165) is 0 Å². The summed E-state index contributed by atoms with van der Waals surface area (Å²) in [4.78, 5) is 9.98. The lowest BCUT2D eigenvalue weighted by Gasteiger charge is -1.94. The molecule has 0 amide bonds. The van der Waals surface area contributed by atoms with Crippen LogP contribution in [-0.2, 0) is 0 Å². The second kappa shape index (κ2) is 2.85. The predicted octanol–water partition coefficient (Wildman–Crippen LogP) is 1.71. The Labute approximate surface area is 82.8 Å². The summed E-state index contributed by atoms with van der Waals surface area (Å²) in [5, 5.41) is 17.5. The highest BCUT2D eigenvalue weighted by molar-refractivity contribution is 6.35. The van der Waals surface area contributed by atoms with E-state index in [1.54, 1.807) is 0 Å². The Morgan fingerprint density at radius 3 is 2.93 bits per heavy atom. The van der Waals surface area contributed by atoms with Crippen molar-refractivity contribution in [3.05, 3.63) is 27.3 Å². The van der Waals surface area contributed by atoms with Crippen LogP contribution in [0.25, 0.3) is 10.9 Å². The molecule has 0 aliphatic carbocycles. The molecular weight excluding hydrogens is 208 g/mol. The number of nitrogen functional groups attached to an aromatic ring is 1. The van der Waals surface area contributed by atoms with Crippen LogP contribution in [0.15, 0.2) is 12.1 Å². The fraction of sp³-hybridized carbons (Fsp3) is 0. The molecule has 1 aromatic heterocycles. The maximum Gasteiger partial charge on any atom is 0.271 e. The van der Waals surface area contributed by atoms with Gasteiger partial charge in [-0.2, -0.15) is 5.10 Å². The van der Waals surface area contributed by atoms with Gasteiger partial charge in [0.1, 0.15) is 0 Å². The number of aromatic nitrogens is 2. The summed E-state index contributed by atoms with van der Waals surface area (Å²) in [6, 6.07) is 2.58. The summed E-state index contributed by atoms with van der Waals surface area (Å²) >= 11 is 5.79. The van der Waals surface area contributed by atoms with Crippen molar-refractivity contribution >= 4 is 34.0 Å². The van der Waals surface area contributed by atoms with E-state index in [2.05, 4.69) is 10.2 Å². The topological polar surface area (TPSA) is 97.8 Å². The average molecular weight is 213 g/mol. The van der Waals surface area contributed by atoms with Crippen molar-refractivity contribution < 1.29 is 4.92 Å². The molecule has 2 rings (SSSR count). The predicted molar refractivity (Wildman–Crippen MR) is 52.2 cm³/mol. The number of anilines is 1. The molecule has 72 valence electrons. The number of rotatable bonds is 1. The first kappa shape index (κ1) is 8.76. The third-order valence-corrected chi connectivity index (χ3v) is 2.15. The van der Waals surface area contributed by atoms with Gasteiger partial charge in [-0.3, -0.25) is 15.2 Å². The van der Waals surface area contributed by atoms with Gasteiger partial charge in [-0.25, -0.2) is 0 Å². The van der Waals surface area contributed by atoms with E-state index in [0.29, 0.717) is 10.9 Å². The van der Waals surface area contributed by atoms with Crippen molar-refractivity contribution in [1.29, 1.82) is 0 Å². The van der Waals surface area contributed by atoms with E-state index in [1.165, 1.54) is 12.1 Å². The van der Waals surface area contributed by atoms with Crippen molar-refractivity contribution in [1.82, 2.24) is 10.2 Å². The van der Waals surface area contributed by atoms with Crippen LogP contribution >= 0.6 is 11.6 Å². The van der Waals surface area contributed by atoms with Crippen LogP contribution in [0.3, 0.4) is 0 Å². The van der Waals surface area contributed by atoms with Crippen molar-refractivity contribution in [3.8, 4) is 0 Å². The van der Waals surface area contributed by atoms with Gasteiger partial charge in [-0.15, -0.1) is 0 Å². The van der Waals surface area contributed by atoms with Gasteiger partial charge >= 0.3 is 0 Å². The van der Waals surface area contributed by atoms with Crippen LogP contribution < -0.4 is 5.73 Å². The second-order valence-corrected chi connectivity index (χ2v) is 3.12. The third kappa shape index (κ3) is 1.16. The molecule has 7 heteroatoms. The number of nitrogens with one attached hydrogen (secondary N) is 1. The Hall–Kier alpha value is -1.82. The zero-order valence-electron chi connectivity index (χ0n) is 6.82. The standard InChI is InChI=1S/C7H5ClN4O2/c8-5-2-3(12(13)14)1-4-6(5)10-11-7(4)9/h1-2H,(H3,9,10,11). The minimum absolute atomic E-state index is 0.101. The zero-order valence-corrected chi connectivity index (χ0v) is 7.58. The first-order valence-corrected chi connectivity index (χ1v) is 4.05. The number of nitro groups is 1. The first-order valence-electron chi connectivity index (χ1n) is 3.67. The number of nitrogens with zero attached hydrogens (tertiary/aromatic N) is 2. The van der Waals surface area contributed by atoms with Crippen LogP contribution in [0.4, 0.5) is 11.5 Å². The van der Waals surface area contributed by atoms with E-state index in [9.17, 15) is 10.1 Å². The highest BCUT2D eigenvalue weighted by Crippen LogP contribution is 2.30. The smallest absolute Gasteiger partial charge is 0.271 e. The Morgan fingerprint density at radius 2 is 2.29 bits per heavy atom. The van der Waals surface area contributed by atoms with E-state index >= 15 is 0 Å². The van der Waals surface area contributed by atoms with Crippen molar-refractivity contribution in [3.63, 3.8) is 0 Å². The molecule has 0 saturated heterocycles. The lowest BCUT2D eigenvalue weighted by molar-refractivity contribution is -0.384. The van der Waals surface area contributed by atoms with E-state index in [-0.39, 0.29) is 16.5 Å². The Morgan fingerprint density at radius 1 is 1.57 bits per heavy atom. The number of nitro benzene ring substituents is 1. The Balaban J connectivity index is 2.82. The summed E-state index contributed by atoms with van der Waals surface area (Å²) in [7, 11) is 0. The summed E-state index contributed by atoms with van der Waals surface area (Å²) in [5.41, 5.74) is 5.90. The maximum absolute atomic E-state index is 10.5. The van der Waals surface area contributed by atoms with Gasteiger partial charge in [-0.05, 0) is 0 Å². The highest BCUT2D eigenvalue weighted by atomic mass is 35.5. The number of hydrogen-bond acceptors (Lipinski definition) is 4. The fourth-order valence-electron chi connectivity index (χ4n) is 1.19. The quantitative estimate of drug-likeness (QED) is 0.555. The van der Waals surface area contributed by atoms with E-state index < -0.39 is 4.92 Å². The summed E-state index contributed by atoms with van der Waals surface area (Å²) < 4.78 is 0. The van der Waals surface area contributed by atoms with Crippen molar-refractivity contribution in [2.24, 2.45) is 0 Å². The molecule has 0 saturated carbocycles. The second-order valence-electron chi connectivity index (χ2n) is 2.72. The van der Waals surface area contributed by atoms with Crippen LogP contribution in [-0.4, -0.2) is 15.1 Å². The largest absolute Gasteiger partial charge is 0.382 e. The van der Waals surface area contributed by atoms with Crippen molar-refractivity contribution in [2.45, 2.75) is 0 Å². The number of non-ortho nitro benzene ring substituents is 1. The van der Waals surface area contributed by atoms with Crippen molar-refractivity contribution in [2.75, 3.05) is 5.73 Å². The molecule has 3 N–H and O–H groups in total. The highest BCUT2D eigenvalue weighted by Gasteiger charge is 2.13. The fourth-order valence-corrected chi connectivity index (χ4v) is 1.45. The van der Waals surface area contributed by atoms with E-state index in [1.807, 2.05) is 0 Å². The number of fused-ring (bicyclic) bond motifs is 1. The van der Waals surface area contributed by atoms with Gasteiger partial charge in [-0.1, -0.05) is 11.6 Å². The van der Waals surface area contributed by atoms with Gasteiger partial charge in [0.2, 0.25) is 0 Å². The van der Waals surface area contributed by atoms with Gasteiger partial charge in [0.15, 0.2) is 5.82 Å². The molecular formula is C7H5ClN4O2. The molecule has 0 fully saturated rings. The lowest BCUT2D eigenvalue weighted by atomic mass is 10.2. The first-order chi connectivity index (χ1) is 6.59. The molecule has 1 aromatic carbocycles. The number of H-pyrrole nitrogens is 1. The molecule has 0 bridgehead atoms. The van der Waals surface area contributed by atoms with Gasteiger partial charge in [0.25, 0.3) is 5.69 Å². The maximum atomic E-state index is 10.5. The van der Waals surface area contributed by atoms with Crippen LogP contribution in [0.1, 0.15) is 0 Å². The van der Waals surface area contributed by atoms with E-state index in [4.69, 9.17) is 17.3 Å². The minimum atomic E-state index is -0.530. The zero-order chi connectivity index (χ0) is 10.3. The number of nitrogens with two attached hydrogens (primary N) is 1. The molecule has 1 heterocycles. The SMILES string of the molecule is Nc1n[nH]c2c(Cl)cc([N+](=O)[O-])cc12. The Bertz CT molecular complexity index is 522. The average Bonchev–Trinajstić information content (AvgIpc) is 2.48. The minimum Gasteiger partial charge on any atom is -0.382 e. The summed E-state index contributed by atoms with van der Waals surface area (Å²) in [5.74, 6) is 0.200.